The molecule has 2 heterocycles. The van der Waals surface area contributed by atoms with E-state index in [4.69, 9.17) is 15.2 Å². The SMILES string of the molecule is Cl.Cn1c(=O)n(C2CCC(=O)NC2=O)c2ccc(CCCOCC(C)(C)COCCCN)cc21. The van der Waals surface area contributed by atoms with Crippen LogP contribution in [0.25, 0.3) is 11.0 Å². The van der Waals surface area contributed by atoms with Crippen molar-refractivity contribution in [1.82, 2.24) is 14.5 Å². The number of benzene rings is 1. The summed E-state index contributed by atoms with van der Waals surface area (Å²) in [6.45, 7) is 7.46. The Bertz CT molecular complexity index is 1050. The van der Waals surface area contributed by atoms with Gasteiger partial charge in [0.15, 0.2) is 0 Å². The second-order valence-electron chi connectivity index (χ2n) is 9.52. The first-order valence-electron chi connectivity index (χ1n) is 11.6. The number of aromatic nitrogens is 2. The Morgan fingerprint density at radius 2 is 1.76 bits per heavy atom. The molecule has 0 spiro atoms. The highest BCUT2D eigenvalue weighted by atomic mass is 35.5. The van der Waals surface area contributed by atoms with Crippen LogP contribution >= 0.6 is 12.4 Å². The average Bonchev–Trinajstić information content (AvgIpc) is 3.01. The zero-order valence-electron chi connectivity index (χ0n) is 20.3. The molecule has 190 valence electrons. The molecule has 1 unspecified atom stereocenters. The zero-order chi connectivity index (χ0) is 24.0. The molecule has 0 saturated carbocycles. The van der Waals surface area contributed by atoms with Crippen molar-refractivity contribution in [2.45, 2.75) is 52.0 Å². The highest BCUT2D eigenvalue weighted by Gasteiger charge is 2.31. The molecule has 0 bridgehead atoms. The van der Waals surface area contributed by atoms with Gasteiger partial charge in [-0.25, -0.2) is 4.79 Å². The monoisotopic (exact) mass is 496 g/mol. The number of imidazole rings is 1. The molecule has 0 radical (unpaired) electrons. The molecule has 1 fully saturated rings. The Labute approximate surface area is 206 Å². The second-order valence-corrected chi connectivity index (χ2v) is 9.52. The molecule has 9 nitrogen and oxygen atoms in total. The van der Waals surface area contributed by atoms with Crippen LogP contribution in [0, 0.1) is 5.41 Å². The molecule has 2 aromatic rings. The van der Waals surface area contributed by atoms with E-state index >= 15 is 0 Å². The molecule has 1 aromatic carbocycles. The van der Waals surface area contributed by atoms with Crippen LogP contribution in [0.2, 0.25) is 0 Å². The van der Waals surface area contributed by atoms with Gasteiger partial charge in [0.25, 0.3) is 0 Å². The maximum Gasteiger partial charge on any atom is 0.329 e. The van der Waals surface area contributed by atoms with Crippen LogP contribution in [-0.4, -0.2) is 53.9 Å². The fourth-order valence-electron chi connectivity index (χ4n) is 4.10. The number of nitrogens with zero attached hydrogens (tertiary/aromatic N) is 2. The molecule has 10 heteroatoms. The molecule has 1 aliphatic rings. The molecule has 3 N–H and O–H groups in total. The number of imide groups is 1. The fourth-order valence-corrected chi connectivity index (χ4v) is 4.10. The zero-order valence-corrected chi connectivity index (χ0v) is 21.1. The lowest BCUT2D eigenvalue weighted by Crippen LogP contribution is -2.44. The van der Waals surface area contributed by atoms with Gasteiger partial charge < -0.3 is 15.2 Å². The number of nitrogens with one attached hydrogen (secondary N) is 1. The first kappa shape index (κ1) is 28.0. The van der Waals surface area contributed by atoms with Crippen molar-refractivity contribution in [3.05, 3.63) is 34.2 Å². The van der Waals surface area contributed by atoms with E-state index in [0.717, 1.165) is 30.3 Å². The summed E-state index contributed by atoms with van der Waals surface area (Å²) in [6, 6.07) is 5.20. The molecule has 2 amide bonds. The molecule has 1 aromatic heterocycles. The van der Waals surface area contributed by atoms with Crippen molar-refractivity contribution < 1.29 is 19.1 Å². The summed E-state index contributed by atoms with van der Waals surface area (Å²) >= 11 is 0. The van der Waals surface area contributed by atoms with E-state index in [1.807, 2.05) is 18.2 Å². The van der Waals surface area contributed by atoms with Crippen molar-refractivity contribution in [1.29, 1.82) is 0 Å². The Hall–Kier alpha value is -2.20. The van der Waals surface area contributed by atoms with Crippen molar-refractivity contribution in [2.75, 3.05) is 33.0 Å². The number of amides is 2. The topological polar surface area (TPSA) is 118 Å². The van der Waals surface area contributed by atoms with Gasteiger partial charge in [-0.15, -0.1) is 12.4 Å². The first-order chi connectivity index (χ1) is 15.7. The van der Waals surface area contributed by atoms with Crippen molar-refractivity contribution in [2.24, 2.45) is 18.2 Å². The van der Waals surface area contributed by atoms with E-state index < -0.39 is 11.9 Å². The summed E-state index contributed by atoms with van der Waals surface area (Å²) in [4.78, 5) is 36.6. The van der Waals surface area contributed by atoms with Gasteiger partial charge in [0.2, 0.25) is 11.8 Å². The Morgan fingerprint density at radius 1 is 1.09 bits per heavy atom. The lowest BCUT2D eigenvalue weighted by atomic mass is 9.96. The van der Waals surface area contributed by atoms with E-state index in [9.17, 15) is 14.4 Å². The minimum absolute atomic E-state index is 0. The number of halogens is 1. The molecule has 1 saturated heterocycles. The van der Waals surface area contributed by atoms with E-state index in [0.29, 0.717) is 44.9 Å². The summed E-state index contributed by atoms with van der Waals surface area (Å²) in [5, 5.41) is 2.33. The largest absolute Gasteiger partial charge is 0.381 e. The molecule has 1 atom stereocenters. The van der Waals surface area contributed by atoms with Gasteiger partial charge in [-0.2, -0.15) is 0 Å². The highest BCUT2D eigenvalue weighted by Crippen LogP contribution is 2.24. The van der Waals surface area contributed by atoms with Gasteiger partial charge in [-0.05, 0) is 49.9 Å². The van der Waals surface area contributed by atoms with Crippen molar-refractivity contribution in [3.8, 4) is 0 Å². The summed E-state index contributed by atoms with van der Waals surface area (Å²) in [5.41, 5.74) is 7.76. The van der Waals surface area contributed by atoms with Gasteiger partial charge in [0.05, 0.1) is 24.2 Å². The predicted octanol–water partition coefficient (Wildman–Crippen LogP) is 2.08. The van der Waals surface area contributed by atoms with Crippen LogP contribution in [0.4, 0.5) is 0 Å². The summed E-state index contributed by atoms with van der Waals surface area (Å²) < 4.78 is 14.6. The molecular weight excluding hydrogens is 460 g/mol. The van der Waals surface area contributed by atoms with Crippen LogP contribution in [0.5, 0.6) is 0 Å². The van der Waals surface area contributed by atoms with Gasteiger partial charge in [-0.1, -0.05) is 19.9 Å². The summed E-state index contributed by atoms with van der Waals surface area (Å²) in [5.74, 6) is -0.716. The Balaban J connectivity index is 0.00000408. The number of carbonyl (C=O) groups excluding carboxylic acids is 2. The Kier molecular flexibility index (Phi) is 10.3. The van der Waals surface area contributed by atoms with E-state index in [-0.39, 0.29) is 35.8 Å². The number of hydrogen-bond donors (Lipinski definition) is 2. The number of piperidine rings is 1. The second kappa shape index (κ2) is 12.5. The number of rotatable bonds is 12. The van der Waals surface area contributed by atoms with Gasteiger partial charge >= 0.3 is 5.69 Å². The van der Waals surface area contributed by atoms with Crippen LogP contribution in [0.15, 0.2) is 23.0 Å². The normalized spacial score (nSPS) is 16.5. The van der Waals surface area contributed by atoms with E-state index in [1.165, 1.54) is 4.57 Å². The standard InChI is InChI=1S/C24H36N4O5.ClH/c1-24(2,16-33-13-5-11-25)15-32-12-4-6-17-7-8-18-20(14-17)27(3)23(31)28(18)19-9-10-21(29)26-22(19)30;/h7-8,14,19H,4-6,9-13,15-16,25H2,1-3H3,(H,26,29,30);1H. The van der Waals surface area contributed by atoms with E-state index in [1.54, 1.807) is 11.6 Å². The number of nitrogens with two attached hydrogens (primary N) is 1. The maximum atomic E-state index is 12.9. The highest BCUT2D eigenvalue weighted by molar-refractivity contribution is 6.00. The van der Waals surface area contributed by atoms with Gasteiger partial charge in [-0.3, -0.25) is 24.0 Å². The molecular formula is C24H37ClN4O5. The number of fused-ring (bicyclic) bond motifs is 1. The van der Waals surface area contributed by atoms with Crippen LogP contribution in [0.1, 0.15) is 51.1 Å². The maximum absolute atomic E-state index is 12.9. The van der Waals surface area contributed by atoms with Gasteiger partial charge in [0, 0.05) is 32.1 Å². The lowest BCUT2D eigenvalue weighted by molar-refractivity contribution is -0.135. The van der Waals surface area contributed by atoms with Crippen LogP contribution in [0.3, 0.4) is 0 Å². The quantitative estimate of drug-likeness (QED) is 0.343. The van der Waals surface area contributed by atoms with Crippen molar-refractivity contribution >= 4 is 35.3 Å². The number of carbonyl (C=O) groups is 2. The van der Waals surface area contributed by atoms with Crippen molar-refractivity contribution in [3.63, 3.8) is 0 Å². The third kappa shape index (κ3) is 6.91. The minimum Gasteiger partial charge on any atom is -0.381 e. The third-order valence-corrected chi connectivity index (χ3v) is 5.91. The third-order valence-electron chi connectivity index (χ3n) is 5.91. The molecule has 0 aliphatic carbocycles. The summed E-state index contributed by atoms with van der Waals surface area (Å²) in [7, 11) is 1.71. The average molecular weight is 497 g/mol. The molecule has 3 rings (SSSR count). The molecule has 34 heavy (non-hydrogen) atoms. The lowest BCUT2D eigenvalue weighted by Gasteiger charge is -2.24. The van der Waals surface area contributed by atoms with E-state index in [2.05, 4.69) is 19.2 Å². The predicted molar refractivity (Wildman–Crippen MR) is 133 cm³/mol. The van der Waals surface area contributed by atoms with Crippen LogP contribution in [-0.2, 0) is 32.5 Å². The number of aryl methyl sites for hydroxylation is 2. The summed E-state index contributed by atoms with van der Waals surface area (Å²) in [6.07, 6.45) is 3.10. The van der Waals surface area contributed by atoms with Crippen LogP contribution < -0.4 is 16.7 Å². The smallest absolute Gasteiger partial charge is 0.329 e. The minimum atomic E-state index is -0.666. The molecule has 1 aliphatic heterocycles. The number of ether oxygens (including phenoxy) is 2. The van der Waals surface area contributed by atoms with Gasteiger partial charge in [0.1, 0.15) is 6.04 Å². The fraction of sp³-hybridized carbons (Fsp3) is 0.625. The first-order valence-corrected chi connectivity index (χ1v) is 11.6. The number of hydrogen-bond acceptors (Lipinski definition) is 6. The Morgan fingerprint density at radius 3 is 2.41 bits per heavy atom.